The van der Waals surface area contributed by atoms with Crippen LogP contribution in [0, 0.1) is 23.7 Å². The zero-order valence-corrected chi connectivity index (χ0v) is 8.10. The maximum atomic E-state index is 8.81. The molecule has 1 fully saturated rings. The first-order valence-corrected chi connectivity index (χ1v) is 5.07. The van der Waals surface area contributed by atoms with Crippen molar-refractivity contribution in [3.05, 3.63) is 5.89 Å². The lowest BCUT2D eigenvalue weighted by molar-refractivity contribution is 0.429. The molecule has 0 spiro atoms. The van der Waals surface area contributed by atoms with Crippen LogP contribution in [0.5, 0.6) is 0 Å². The van der Waals surface area contributed by atoms with Gasteiger partial charge in [0.1, 0.15) is 0 Å². The Labute approximate surface area is 80.3 Å². The van der Waals surface area contributed by atoms with Crippen LogP contribution < -0.4 is 0 Å². The molecular formula is C8H9N3OS. The summed E-state index contributed by atoms with van der Waals surface area (Å²) < 4.78 is 5.18. The Bertz CT molecular complexity index is 351. The zero-order chi connectivity index (χ0) is 9.31. The molecule has 68 valence electrons. The van der Waals surface area contributed by atoms with Crippen molar-refractivity contribution in [2.75, 3.05) is 5.75 Å². The van der Waals surface area contributed by atoms with E-state index in [0.717, 1.165) is 18.6 Å². The normalized spacial score (nSPS) is 18.2. The number of hydrogen-bond acceptors (Lipinski definition) is 5. The summed E-state index contributed by atoms with van der Waals surface area (Å²) >= 11 is 1.47. The summed E-state index contributed by atoms with van der Waals surface area (Å²) in [5, 5.41) is 16.9. The third kappa shape index (κ3) is 1.83. The average Bonchev–Trinajstić information content (AvgIpc) is 2.81. The van der Waals surface area contributed by atoms with Crippen molar-refractivity contribution in [2.24, 2.45) is 5.41 Å². The number of nitrogens with zero attached hydrogens (tertiary/aromatic N) is 3. The molecule has 1 aliphatic carbocycles. The van der Waals surface area contributed by atoms with Crippen molar-refractivity contribution in [1.82, 2.24) is 10.2 Å². The average molecular weight is 195 g/mol. The minimum atomic E-state index is -0.104. The van der Waals surface area contributed by atoms with Gasteiger partial charge in [-0.2, -0.15) is 5.26 Å². The zero-order valence-electron chi connectivity index (χ0n) is 7.28. The highest BCUT2D eigenvalue weighted by Gasteiger charge is 2.43. The van der Waals surface area contributed by atoms with E-state index in [1.54, 1.807) is 6.92 Å². The van der Waals surface area contributed by atoms with Gasteiger partial charge in [-0.15, -0.1) is 10.2 Å². The second-order valence-electron chi connectivity index (χ2n) is 3.27. The molecule has 13 heavy (non-hydrogen) atoms. The first kappa shape index (κ1) is 8.57. The Kier molecular flexibility index (Phi) is 2.00. The first-order chi connectivity index (χ1) is 6.24. The van der Waals surface area contributed by atoms with Gasteiger partial charge in [0, 0.05) is 12.7 Å². The minimum absolute atomic E-state index is 0.104. The van der Waals surface area contributed by atoms with Gasteiger partial charge in [-0.3, -0.25) is 0 Å². The molecule has 0 aliphatic heterocycles. The first-order valence-electron chi connectivity index (χ1n) is 4.08. The Morgan fingerprint density at radius 2 is 2.38 bits per heavy atom. The van der Waals surface area contributed by atoms with Crippen molar-refractivity contribution in [2.45, 2.75) is 25.0 Å². The lowest BCUT2D eigenvalue weighted by Crippen LogP contribution is -1.99. The molecule has 0 atom stereocenters. The molecular weight excluding hydrogens is 186 g/mol. The fourth-order valence-electron chi connectivity index (χ4n) is 0.976. The Balaban J connectivity index is 1.90. The molecule has 2 rings (SSSR count). The minimum Gasteiger partial charge on any atom is -0.416 e. The van der Waals surface area contributed by atoms with E-state index in [2.05, 4.69) is 16.3 Å². The lowest BCUT2D eigenvalue weighted by Gasteiger charge is -1.99. The van der Waals surface area contributed by atoms with E-state index in [4.69, 9.17) is 9.68 Å². The van der Waals surface area contributed by atoms with Crippen LogP contribution in [0.25, 0.3) is 0 Å². The maximum Gasteiger partial charge on any atom is 0.276 e. The van der Waals surface area contributed by atoms with Gasteiger partial charge in [0.25, 0.3) is 5.22 Å². The molecule has 0 N–H and O–H groups in total. The van der Waals surface area contributed by atoms with Crippen LogP contribution in [0.4, 0.5) is 0 Å². The van der Waals surface area contributed by atoms with Crippen molar-refractivity contribution in [1.29, 1.82) is 5.26 Å². The van der Waals surface area contributed by atoms with Gasteiger partial charge in [-0.1, -0.05) is 11.8 Å². The Morgan fingerprint density at radius 1 is 1.62 bits per heavy atom. The number of hydrogen-bond donors (Lipinski definition) is 0. The van der Waals surface area contributed by atoms with Crippen LogP contribution in [-0.4, -0.2) is 16.0 Å². The van der Waals surface area contributed by atoms with Gasteiger partial charge in [-0.25, -0.2) is 0 Å². The highest BCUT2D eigenvalue weighted by atomic mass is 32.2. The van der Waals surface area contributed by atoms with E-state index >= 15 is 0 Å². The predicted octanol–water partition coefficient (Wildman–Crippen LogP) is 1.77. The molecule has 0 unspecified atom stereocenters. The van der Waals surface area contributed by atoms with E-state index in [1.807, 2.05) is 0 Å². The van der Waals surface area contributed by atoms with Gasteiger partial charge < -0.3 is 4.42 Å². The van der Waals surface area contributed by atoms with Crippen molar-refractivity contribution in [3.8, 4) is 6.07 Å². The molecule has 1 saturated carbocycles. The number of aryl methyl sites for hydroxylation is 1. The fourth-order valence-corrected chi connectivity index (χ4v) is 2.01. The summed E-state index contributed by atoms with van der Waals surface area (Å²) in [5.41, 5.74) is -0.104. The summed E-state index contributed by atoms with van der Waals surface area (Å²) in [6.45, 7) is 1.76. The number of aromatic nitrogens is 2. The van der Waals surface area contributed by atoms with Gasteiger partial charge in [0.05, 0.1) is 11.5 Å². The lowest BCUT2D eigenvalue weighted by atomic mass is 10.2. The van der Waals surface area contributed by atoms with Crippen molar-refractivity contribution < 1.29 is 4.42 Å². The molecule has 0 radical (unpaired) electrons. The highest BCUT2D eigenvalue weighted by Crippen LogP contribution is 2.48. The van der Waals surface area contributed by atoms with Gasteiger partial charge in [0.2, 0.25) is 5.89 Å². The van der Waals surface area contributed by atoms with Gasteiger partial charge >= 0.3 is 0 Å². The molecule has 1 heterocycles. The predicted molar refractivity (Wildman–Crippen MR) is 47.0 cm³/mol. The maximum absolute atomic E-state index is 8.81. The molecule has 1 aromatic heterocycles. The standard InChI is InChI=1S/C8H9N3OS/c1-6-10-11-7(12-6)13-5-8(4-9)2-3-8/h2-3,5H2,1H3. The summed E-state index contributed by atoms with van der Waals surface area (Å²) in [6, 6.07) is 2.32. The van der Waals surface area contributed by atoms with Crippen molar-refractivity contribution >= 4 is 11.8 Å². The van der Waals surface area contributed by atoms with Gasteiger partial charge in [0.15, 0.2) is 0 Å². The fraction of sp³-hybridized carbons (Fsp3) is 0.625. The molecule has 0 amide bonds. The second-order valence-corrected chi connectivity index (χ2v) is 4.19. The van der Waals surface area contributed by atoms with E-state index in [-0.39, 0.29) is 5.41 Å². The number of nitriles is 1. The van der Waals surface area contributed by atoms with Gasteiger partial charge in [-0.05, 0) is 12.8 Å². The van der Waals surface area contributed by atoms with E-state index in [1.165, 1.54) is 11.8 Å². The van der Waals surface area contributed by atoms with Crippen LogP contribution in [0.3, 0.4) is 0 Å². The van der Waals surface area contributed by atoms with Crippen LogP contribution >= 0.6 is 11.8 Å². The molecule has 4 nitrogen and oxygen atoms in total. The SMILES string of the molecule is Cc1nnc(SCC2(C#N)CC2)o1. The van der Waals surface area contributed by atoms with Crippen molar-refractivity contribution in [3.63, 3.8) is 0 Å². The third-order valence-corrected chi connectivity index (χ3v) is 3.18. The second kappa shape index (κ2) is 3.04. The summed E-state index contributed by atoms with van der Waals surface area (Å²) in [4.78, 5) is 0. The van der Waals surface area contributed by atoms with Crippen LogP contribution in [0.1, 0.15) is 18.7 Å². The van der Waals surface area contributed by atoms with E-state index < -0.39 is 0 Å². The quantitative estimate of drug-likeness (QED) is 0.688. The summed E-state index contributed by atoms with van der Waals surface area (Å²) in [7, 11) is 0. The number of rotatable bonds is 3. The Morgan fingerprint density at radius 3 is 2.85 bits per heavy atom. The summed E-state index contributed by atoms with van der Waals surface area (Å²) in [5.74, 6) is 1.34. The molecule has 0 saturated heterocycles. The van der Waals surface area contributed by atoms with Crippen LogP contribution in [0.15, 0.2) is 9.64 Å². The third-order valence-electron chi connectivity index (χ3n) is 2.07. The smallest absolute Gasteiger partial charge is 0.276 e. The number of thioether (sulfide) groups is 1. The highest BCUT2D eigenvalue weighted by molar-refractivity contribution is 7.99. The monoisotopic (exact) mass is 195 g/mol. The molecule has 1 aliphatic rings. The van der Waals surface area contributed by atoms with E-state index in [0.29, 0.717) is 11.1 Å². The molecule has 0 aromatic carbocycles. The molecule has 1 aromatic rings. The Hall–Kier alpha value is -1.02. The largest absolute Gasteiger partial charge is 0.416 e. The van der Waals surface area contributed by atoms with E-state index in [9.17, 15) is 0 Å². The topological polar surface area (TPSA) is 62.7 Å². The van der Waals surface area contributed by atoms with Crippen LogP contribution in [-0.2, 0) is 0 Å². The summed E-state index contributed by atoms with van der Waals surface area (Å²) in [6.07, 6.45) is 2.01. The molecule has 0 bridgehead atoms. The molecule has 5 heteroatoms. The van der Waals surface area contributed by atoms with Crippen LogP contribution in [0.2, 0.25) is 0 Å².